The summed E-state index contributed by atoms with van der Waals surface area (Å²) in [5.41, 5.74) is -0.863. The number of nitroso groups, excluding NO2 is 1. The Morgan fingerprint density at radius 3 is 2.54 bits per heavy atom. The van der Waals surface area contributed by atoms with E-state index < -0.39 is 26.5 Å². The predicted octanol–water partition coefficient (Wildman–Crippen LogP) is -2.36. The molecular weight excluding hydrogens is 373 g/mol. The maximum absolute atomic E-state index is 11.4. The molecule has 0 bridgehead atoms. The number of furan rings is 1. The van der Waals surface area contributed by atoms with Crippen molar-refractivity contribution in [3.05, 3.63) is 51.8 Å². The van der Waals surface area contributed by atoms with Gasteiger partial charge in [0.2, 0.25) is 10.0 Å². The van der Waals surface area contributed by atoms with Gasteiger partial charge in [-0.2, -0.15) is 0 Å². The molecule has 122 valence electrons. The second-order valence-corrected chi connectivity index (χ2v) is 6.29. The van der Waals surface area contributed by atoms with Crippen molar-refractivity contribution in [2.45, 2.75) is 11.4 Å². The molecule has 2 rings (SSSR count). The molecule has 0 unspecified atom stereocenters. The third-order valence-electron chi connectivity index (χ3n) is 2.84. The predicted molar refractivity (Wildman–Crippen MR) is 77.8 cm³/mol. The van der Waals surface area contributed by atoms with Crippen LogP contribution in [0.5, 0.6) is 0 Å². The van der Waals surface area contributed by atoms with Crippen molar-refractivity contribution in [1.29, 1.82) is 0 Å². The van der Waals surface area contributed by atoms with Crippen LogP contribution in [0.25, 0.3) is 0 Å². The number of anilines is 1. The van der Waals surface area contributed by atoms with E-state index in [1.807, 2.05) is 0 Å². The summed E-state index contributed by atoms with van der Waals surface area (Å²) in [4.78, 5) is 21.7. The van der Waals surface area contributed by atoms with E-state index in [9.17, 15) is 23.2 Å². The minimum atomic E-state index is -4.26. The zero-order valence-corrected chi connectivity index (χ0v) is 15.9. The summed E-state index contributed by atoms with van der Waals surface area (Å²) in [5.74, 6) is -1.41. The number of carboxylic acids is 1. The van der Waals surface area contributed by atoms with Gasteiger partial charge < -0.3 is 14.3 Å². The smallest absolute Gasteiger partial charge is 0.545 e. The van der Waals surface area contributed by atoms with Gasteiger partial charge in [0.25, 0.3) is 0 Å². The number of carboxylic acid groups (broad SMARTS) is 1. The summed E-state index contributed by atoms with van der Waals surface area (Å²) in [7, 11) is -4.26. The molecule has 1 aromatic heterocycles. The molecule has 1 aromatic carbocycles. The van der Waals surface area contributed by atoms with E-state index in [2.05, 4.69) is 5.29 Å². The van der Waals surface area contributed by atoms with E-state index in [0.29, 0.717) is 11.8 Å². The van der Waals surface area contributed by atoms with Gasteiger partial charge in [0.15, 0.2) is 0 Å². The number of rotatable bonds is 6. The number of sulfonamides is 1. The second-order valence-electron chi connectivity index (χ2n) is 4.35. The van der Waals surface area contributed by atoms with Gasteiger partial charge in [-0.05, 0) is 24.3 Å². The van der Waals surface area contributed by atoms with E-state index in [1.54, 1.807) is 6.07 Å². The molecule has 1 heterocycles. The van der Waals surface area contributed by atoms with Crippen LogP contribution in [0.4, 0.5) is 5.69 Å². The fourth-order valence-electron chi connectivity index (χ4n) is 1.85. The first-order valence-electron chi connectivity index (χ1n) is 5.95. The Morgan fingerprint density at radius 1 is 1.42 bits per heavy atom. The van der Waals surface area contributed by atoms with Gasteiger partial charge in [-0.25, -0.2) is 18.6 Å². The van der Waals surface area contributed by atoms with Crippen LogP contribution in [0.15, 0.2) is 45.1 Å². The standard InChI is InChI=1S/C12H10ClN3O6S.Na/c13-9-5-10(16(15-19)6-7-2-1-3-22-7)8(12(17)18)4-11(9)23(14,20)21;/h1-5H,6H2,(H,17,18)(H2,14,20,21);/q;+1/p-1. The largest absolute Gasteiger partial charge is 1.00 e. The average Bonchev–Trinajstić information content (AvgIpc) is 2.95. The van der Waals surface area contributed by atoms with Crippen LogP contribution >= 0.6 is 11.6 Å². The van der Waals surface area contributed by atoms with E-state index >= 15 is 0 Å². The Labute approximate surface area is 163 Å². The van der Waals surface area contributed by atoms with E-state index in [0.717, 1.165) is 11.1 Å². The number of benzene rings is 1. The normalized spacial score (nSPS) is 10.8. The van der Waals surface area contributed by atoms with Crippen LogP contribution in [-0.2, 0) is 16.6 Å². The van der Waals surface area contributed by atoms with Crippen LogP contribution < -0.4 is 44.8 Å². The Balaban J connectivity index is 0.00000288. The number of hydrogen-bond donors (Lipinski definition) is 1. The van der Waals surface area contributed by atoms with Crippen LogP contribution in [0.1, 0.15) is 16.1 Å². The molecule has 24 heavy (non-hydrogen) atoms. The van der Waals surface area contributed by atoms with Crippen molar-refractivity contribution < 1.29 is 52.3 Å². The number of halogens is 1. The van der Waals surface area contributed by atoms with Crippen molar-refractivity contribution in [1.82, 2.24) is 0 Å². The number of aromatic carboxylic acids is 1. The first-order valence-corrected chi connectivity index (χ1v) is 7.87. The molecule has 0 radical (unpaired) electrons. The molecule has 2 aromatic rings. The Bertz CT molecular complexity index is 856. The summed E-state index contributed by atoms with van der Waals surface area (Å²) >= 11 is 5.81. The molecular formula is C12H9ClN3NaO6S. The first kappa shape index (κ1) is 20.6. The van der Waals surface area contributed by atoms with Gasteiger partial charge in [0.1, 0.15) is 17.2 Å². The molecule has 0 saturated heterocycles. The summed E-state index contributed by atoms with van der Waals surface area (Å²) in [6, 6.07) is 4.77. The van der Waals surface area contributed by atoms with Crippen molar-refractivity contribution in [2.24, 2.45) is 10.4 Å². The minimum Gasteiger partial charge on any atom is -0.545 e. The van der Waals surface area contributed by atoms with E-state index in [-0.39, 0.29) is 46.8 Å². The maximum atomic E-state index is 11.4. The van der Waals surface area contributed by atoms with Gasteiger partial charge in [-0.3, -0.25) is 0 Å². The van der Waals surface area contributed by atoms with Gasteiger partial charge in [-0.15, -0.1) is 4.91 Å². The van der Waals surface area contributed by atoms with Crippen LogP contribution in [0.3, 0.4) is 0 Å². The quantitative estimate of drug-likeness (QED) is 0.334. The molecule has 0 atom stereocenters. The number of carbonyl (C=O) groups excluding carboxylic acids is 1. The van der Waals surface area contributed by atoms with Crippen LogP contribution in [0, 0.1) is 4.91 Å². The molecule has 0 spiro atoms. The van der Waals surface area contributed by atoms with Gasteiger partial charge in [-0.1, -0.05) is 11.6 Å². The molecule has 2 N–H and O–H groups in total. The molecule has 0 amide bonds. The van der Waals surface area contributed by atoms with Gasteiger partial charge in [0, 0.05) is 5.56 Å². The van der Waals surface area contributed by atoms with Gasteiger partial charge >= 0.3 is 29.6 Å². The number of nitrogens with zero attached hydrogens (tertiary/aromatic N) is 2. The first-order chi connectivity index (χ1) is 10.7. The summed E-state index contributed by atoms with van der Waals surface area (Å²) in [5, 5.41) is 19.3. The number of hydrogen-bond acceptors (Lipinski definition) is 7. The number of carbonyl (C=O) groups is 1. The Hall–Kier alpha value is -1.43. The zero-order chi connectivity index (χ0) is 17.2. The molecule has 12 heteroatoms. The van der Waals surface area contributed by atoms with Gasteiger partial charge in [0.05, 0.1) is 28.2 Å². The zero-order valence-electron chi connectivity index (χ0n) is 12.3. The SMILES string of the molecule is NS(=O)(=O)c1cc(C(=O)[O-])c(N(Cc2ccco2)N=O)cc1Cl.[Na+]. The maximum Gasteiger partial charge on any atom is 1.00 e. The summed E-state index contributed by atoms with van der Waals surface area (Å²) < 4.78 is 27.8. The second kappa shape index (κ2) is 8.10. The Morgan fingerprint density at radius 2 is 2.08 bits per heavy atom. The number of primary sulfonamides is 1. The van der Waals surface area contributed by atoms with Crippen LogP contribution in [-0.4, -0.2) is 14.4 Å². The third kappa shape index (κ3) is 4.56. The van der Waals surface area contributed by atoms with Crippen molar-refractivity contribution in [2.75, 3.05) is 5.01 Å². The number of nitrogens with two attached hydrogens (primary N) is 1. The summed E-state index contributed by atoms with van der Waals surface area (Å²) in [6.45, 7) is -0.193. The van der Waals surface area contributed by atoms with Crippen molar-refractivity contribution in [3.63, 3.8) is 0 Å². The van der Waals surface area contributed by atoms with Crippen LogP contribution in [0.2, 0.25) is 5.02 Å². The third-order valence-corrected chi connectivity index (χ3v) is 4.21. The van der Waals surface area contributed by atoms with E-state index in [4.69, 9.17) is 21.2 Å². The van der Waals surface area contributed by atoms with E-state index in [1.165, 1.54) is 12.3 Å². The minimum absolute atomic E-state index is 0. The topological polar surface area (TPSA) is 146 Å². The molecule has 0 aliphatic carbocycles. The van der Waals surface area contributed by atoms with Crippen molar-refractivity contribution >= 4 is 33.3 Å². The Kier molecular flexibility index (Phi) is 6.96. The molecule has 0 saturated carbocycles. The molecule has 0 aliphatic rings. The molecule has 0 aliphatic heterocycles. The van der Waals surface area contributed by atoms with Crippen molar-refractivity contribution in [3.8, 4) is 0 Å². The molecule has 9 nitrogen and oxygen atoms in total. The molecule has 0 fully saturated rings. The monoisotopic (exact) mass is 381 g/mol. The summed E-state index contributed by atoms with van der Waals surface area (Å²) in [6.07, 6.45) is 1.36. The average molecular weight is 382 g/mol. The fraction of sp³-hybridized carbons (Fsp3) is 0.0833. The fourth-order valence-corrected chi connectivity index (χ4v) is 2.94.